The number of fused-ring (bicyclic) bond motifs is 1. The summed E-state index contributed by atoms with van der Waals surface area (Å²) >= 11 is 0. The summed E-state index contributed by atoms with van der Waals surface area (Å²) in [6.07, 6.45) is -1.61. The summed E-state index contributed by atoms with van der Waals surface area (Å²) < 4.78 is 38.8. The van der Waals surface area contributed by atoms with Crippen LogP contribution < -0.4 is 0 Å². The molecule has 2 aromatic rings. The highest BCUT2D eigenvalue weighted by molar-refractivity contribution is 5.50. The van der Waals surface area contributed by atoms with Gasteiger partial charge in [-0.3, -0.25) is 0 Å². The maximum atomic E-state index is 12.5. The number of alkyl halides is 3. The van der Waals surface area contributed by atoms with Gasteiger partial charge in [0.1, 0.15) is 5.65 Å². The second-order valence-corrected chi connectivity index (χ2v) is 3.04. The molecule has 0 unspecified atom stereocenters. The average molecular weight is 216 g/mol. The summed E-state index contributed by atoms with van der Waals surface area (Å²) in [6, 6.07) is 2.25. The van der Waals surface area contributed by atoms with Crippen LogP contribution in [0.2, 0.25) is 0 Å². The Kier molecular flexibility index (Phi) is 2.15. The molecule has 0 aliphatic heterocycles. The highest BCUT2D eigenvalue weighted by Crippen LogP contribution is 2.31. The number of pyridine rings is 1. The maximum absolute atomic E-state index is 12.5. The molecule has 0 radical (unpaired) electrons. The first-order chi connectivity index (χ1) is 7.02. The van der Waals surface area contributed by atoms with Gasteiger partial charge in [-0.05, 0) is 12.1 Å². The Balaban J connectivity index is 2.70. The zero-order valence-corrected chi connectivity index (χ0v) is 7.49. The number of halogens is 3. The van der Waals surface area contributed by atoms with Crippen molar-refractivity contribution in [3.05, 3.63) is 35.8 Å². The van der Waals surface area contributed by atoms with Crippen molar-refractivity contribution in [3.63, 3.8) is 0 Å². The van der Waals surface area contributed by atoms with Crippen LogP contribution in [0.15, 0.2) is 24.5 Å². The number of nitrogens with zero attached hydrogens (tertiary/aromatic N) is 2. The van der Waals surface area contributed by atoms with Gasteiger partial charge in [-0.15, -0.1) is 0 Å². The van der Waals surface area contributed by atoms with Crippen molar-refractivity contribution in [2.75, 3.05) is 0 Å². The molecule has 0 atom stereocenters. The summed E-state index contributed by atoms with van der Waals surface area (Å²) in [5.41, 5.74) is -0.773. The van der Waals surface area contributed by atoms with E-state index in [-0.39, 0.29) is 17.9 Å². The van der Waals surface area contributed by atoms with E-state index in [2.05, 4.69) is 4.98 Å². The summed E-state index contributed by atoms with van der Waals surface area (Å²) in [7, 11) is 0. The van der Waals surface area contributed by atoms with E-state index >= 15 is 0 Å². The number of aromatic nitrogens is 2. The molecule has 0 amide bonds. The summed E-state index contributed by atoms with van der Waals surface area (Å²) in [5.74, 6) is 0. The van der Waals surface area contributed by atoms with Gasteiger partial charge in [0, 0.05) is 12.4 Å². The van der Waals surface area contributed by atoms with Crippen LogP contribution >= 0.6 is 0 Å². The lowest BCUT2D eigenvalue weighted by Crippen LogP contribution is -2.07. The van der Waals surface area contributed by atoms with Gasteiger partial charge >= 0.3 is 6.18 Å². The fourth-order valence-corrected chi connectivity index (χ4v) is 1.36. The molecule has 0 saturated heterocycles. The zero-order valence-electron chi connectivity index (χ0n) is 7.49. The van der Waals surface area contributed by atoms with Gasteiger partial charge in [0.2, 0.25) is 0 Å². The molecular formula is C9H7F3N2O. The lowest BCUT2D eigenvalue weighted by Gasteiger charge is -2.06. The van der Waals surface area contributed by atoms with Crippen molar-refractivity contribution in [3.8, 4) is 0 Å². The Bertz CT molecular complexity index is 490. The standard InChI is InChI=1S/C9H7F3N2O/c10-9(11,12)7-2-1-3-14-4-6(5-15)13-8(7)14/h1-4,15H,5H2. The minimum absolute atomic E-state index is 0.186. The van der Waals surface area contributed by atoms with Crippen molar-refractivity contribution in [1.29, 1.82) is 0 Å². The molecule has 0 aliphatic carbocycles. The number of rotatable bonds is 1. The molecule has 15 heavy (non-hydrogen) atoms. The highest BCUT2D eigenvalue weighted by Gasteiger charge is 2.33. The quantitative estimate of drug-likeness (QED) is 0.789. The maximum Gasteiger partial charge on any atom is 0.419 e. The topological polar surface area (TPSA) is 37.5 Å². The van der Waals surface area contributed by atoms with Crippen molar-refractivity contribution in [2.45, 2.75) is 12.8 Å². The van der Waals surface area contributed by atoms with Crippen molar-refractivity contribution in [2.24, 2.45) is 0 Å². The van der Waals surface area contributed by atoms with E-state index < -0.39 is 11.7 Å². The Labute approximate surface area is 82.8 Å². The van der Waals surface area contributed by atoms with E-state index in [1.807, 2.05) is 0 Å². The van der Waals surface area contributed by atoms with Crippen LogP contribution in [-0.4, -0.2) is 14.5 Å². The Hall–Kier alpha value is -1.56. The number of hydrogen-bond donors (Lipinski definition) is 1. The molecule has 0 fully saturated rings. The first-order valence-corrected chi connectivity index (χ1v) is 4.17. The molecule has 80 valence electrons. The van der Waals surface area contributed by atoms with E-state index in [1.165, 1.54) is 22.9 Å². The van der Waals surface area contributed by atoms with Gasteiger partial charge in [-0.1, -0.05) is 0 Å². The van der Waals surface area contributed by atoms with Gasteiger partial charge in [-0.25, -0.2) is 4.98 Å². The van der Waals surface area contributed by atoms with Gasteiger partial charge in [-0.2, -0.15) is 13.2 Å². The van der Waals surface area contributed by atoms with Crippen LogP contribution in [0.5, 0.6) is 0 Å². The van der Waals surface area contributed by atoms with Gasteiger partial charge in [0.05, 0.1) is 17.9 Å². The first-order valence-electron chi connectivity index (χ1n) is 4.17. The molecule has 0 bridgehead atoms. The Morgan fingerprint density at radius 3 is 2.73 bits per heavy atom. The molecule has 0 aliphatic rings. The zero-order chi connectivity index (χ0) is 11.1. The minimum Gasteiger partial charge on any atom is -0.390 e. The van der Waals surface area contributed by atoms with E-state index in [0.717, 1.165) is 6.07 Å². The van der Waals surface area contributed by atoms with Crippen LogP contribution in [0.3, 0.4) is 0 Å². The normalized spacial score (nSPS) is 12.3. The summed E-state index contributed by atoms with van der Waals surface area (Å²) in [6.45, 7) is -0.376. The van der Waals surface area contributed by atoms with Crippen LogP contribution in [0.1, 0.15) is 11.3 Å². The monoisotopic (exact) mass is 216 g/mol. The highest BCUT2D eigenvalue weighted by atomic mass is 19.4. The van der Waals surface area contributed by atoms with Crippen LogP contribution in [0.4, 0.5) is 13.2 Å². The number of aliphatic hydroxyl groups excluding tert-OH is 1. The molecule has 2 aromatic heterocycles. The van der Waals surface area contributed by atoms with Crippen LogP contribution in [0.25, 0.3) is 5.65 Å². The van der Waals surface area contributed by atoms with Gasteiger partial charge in [0.25, 0.3) is 0 Å². The minimum atomic E-state index is -4.43. The van der Waals surface area contributed by atoms with E-state index in [0.29, 0.717) is 0 Å². The second-order valence-electron chi connectivity index (χ2n) is 3.04. The van der Waals surface area contributed by atoms with Crippen LogP contribution in [0, 0.1) is 0 Å². The van der Waals surface area contributed by atoms with Gasteiger partial charge in [0.15, 0.2) is 0 Å². The molecule has 0 aromatic carbocycles. The van der Waals surface area contributed by atoms with Gasteiger partial charge < -0.3 is 9.51 Å². The Morgan fingerprint density at radius 2 is 2.13 bits per heavy atom. The molecule has 0 saturated carbocycles. The molecule has 6 heteroatoms. The lowest BCUT2D eigenvalue weighted by atomic mass is 10.2. The third-order valence-electron chi connectivity index (χ3n) is 2.00. The lowest BCUT2D eigenvalue weighted by molar-refractivity contribution is -0.136. The smallest absolute Gasteiger partial charge is 0.390 e. The molecule has 0 spiro atoms. The SMILES string of the molecule is OCc1cn2cccc(C(F)(F)F)c2n1. The fourth-order valence-electron chi connectivity index (χ4n) is 1.36. The third-order valence-corrected chi connectivity index (χ3v) is 2.00. The number of aliphatic hydroxyl groups is 1. The largest absolute Gasteiger partial charge is 0.419 e. The number of hydrogen-bond acceptors (Lipinski definition) is 2. The third kappa shape index (κ3) is 1.68. The van der Waals surface area contributed by atoms with E-state index in [1.54, 1.807) is 0 Å². The fraction of sp³-hybridized carbons (Fsp3) is 0.222. The number of imidazole rings is 1. The van der Waals surface area contributed by atoms with Crippen LogP contribution in [-0.2, 0) is 12.8 Å². The molecule has 1 N–H and O–H groups in total. The molecule has 2 rings (SSSR count). The molecule has 2 heterocycles. The predicted octanol–water partition coefficient (Wildman–Crippen LogP) is 1.85. The first kappa shape index (κ1) is 9.97. The van der Waals surface area contributed by atoms with Crippen molar-refractivity contribution >= 4 is 5.65 Å². The average Bonchev–Trinajstić information content (AvgIpc) is 2.57. The van der Waals surface area contributed by atoms with E-state index in [9.17, 15) is 13.2 Å². The molecule has 3 nitrogen and oxygen atoms in total. The molecular weight excluding hydrogens is 209 g/mol. The van der Waals surface area contributed by atoms with E-state index in [4.69, 9.17) is 5.11 Å². The second kappa shape index (κ2) is 3.23. The van der Waals surface area contributed by atoms with Crippen molar-refractivity contribution < 1.29 is 18.3 Å². The Morgan fingerprint density at radius 1 is 1.40 bits per heavy atom. The van der Waals surface area contributed by atoms with Crippen molar-refractivity contribution in [1.82, 2.24) is 9.38 Å². The predicted molar refractivity (Wildman–Crippen MR) is 46.1 cm³/mol. The summed E-state index contributed by atoms with van der Waals surface area (Å²) in [4.78, 5) is 3.69. The summed E-state index contributed by atoms with van der Waals surface area (Å²) in [5, 5.41) is 8.78.